The van der Waals surface area contributed by atoms with E-state index in [0.29, 0.717) is 18.0 Å². The van der Waals surface area contributed by atoms with Crippen LogP contribution in [0.2, 0.25) is 0 Å². The van der Waals surface area contributed by atoms with Crippen LogP contribution < -0.4 is 14.6 Å². The second kappa shape index (κ2) is 8.20. The van der Waals surface area contributed by atoms with Crippen LogP contribution in [0.5, 0.6) is 11.5 Å². The molecule has 1 unspecified atom stereocenters. The lowest BCUT2D eigenvalue weighted by Crippen LogP contribution is -2.32. The van der Waals surface area contributed by atoms with Crippen molar-refractivity contribution in [1.29, 1.82) is 0 Å². The molecule has 0 bridgehead atoms. The fraction of sp³-hybridized carbons (Fsp3) is 0.350. The molecule has 8 heteroatoms. The summed E-state index contributed by atoms with van der Waals surface area (Å²) >= 11 is 0. The molecule has 1 atom stereocenters. The number of benzene rings is 2. The normalized spacial score (nSPS) is 16.8. The third-order valence-electron chi connectivity index (χ3n) is 4.98. The summed E-state index contributed by atoms with van der Waals surface area (Å²) in [4.78, 5) is 14.8. The molecule has 150 valence electrons. The molecule has 1 heterocycles. The molecular weight excluding hydrogens is 380 g/mol. The van der Waals surface area contributed by atoms with E-state index in [2.05, 4.69) is 0 Å². The summed E-state index contributed by atoms with van der Waals surface area (Å²) in [7, 11) is -0.540. The summed E-state index contributed by atoms with van der Waals surface area (Å²) in [5, 5.41) is 5.11. The highest BCUT2D eigenvalue weighted by Crippen LogP contribution is 2.38. The smallest absolute Gasteiger partial charge is 0.238 e. The van der Waals surface area contributed by atoms with Gasteiger partial charge in [0.2, 0.25) is 15.9 Å². The molecule has 1 aliphatic heterocycles. The Hall–Kier alpha value is -2.58. The monoisotopic (exact) mass is 404 g/mol. The van der Waals surface area contributed by atoms with Gasteiger partial charge in [0.05, 0.1) is 31.6 Å². The molecule has 1 aliphatic rings. The Kier molecular flexibility index (Phi) is 5.90. The molecule has 0 aliphatic carbocycles. The van der Waals surface area contributed by atoms with Gasteiger partial charge in [-0.2, -0.15) is 0 Å². The van der Waals surface area contributed by atoms with Crippen molar-refractivity contribution in [2.75, 3.05) is 20.8 Å². The van der Waals surface area contributed by atoms with Crippen LogP contribution in [0.15, 0.2) is 47.4 Å². The number of methoxy groups -OCH3 is 2. The van der Waals surface area contributed by atoms with Gasteiger partial charge in [0.25, 0.3) is 0 Å². The summed E-state index contributed by atoms with van der Waals surface area (Å²) in [6, 6.07) is 11.7. The van der Waals surface area contributed by atoms with Crippen LogP contribution in [0, 0.1) is 0 Å². The third kappa shape index (κ3) is 4.28. The summed E-state index contributed by atoms with van der Waals surface area (Å²) in [6.45, 7) is 0.675. The van der Waals surface area contributed by atoms with Gasteiger partial charge in [-0.15, -0.1) is 0 Å². The van der Waals surface area contributed by atoms with Crippen molar-refractivity contribution in [1.82, 2.24) is 4.90 Å². The van der Waals surface area contributed by atoms with Crippen LogP contribution in [0.3, 0.4) is 0 Å². The van der Waals surface area contributed by atoms with Crippen molar-refractivity contribution in [2.45, 2.75) is 30.2 Å². The lowest BCUT2D eigenvalue weighted by molar-refractivity contribution is -0.131. The Morgan fingerprint density at radius 3 is 2.46 bits per heavy atom. The molecule has 1 fully saturated rings. The van der Waals surface area contributed by atoms with Crippen LogP contribution >= 0.6 is 0 Å². The van der Waals surface area contributed by atoms with Gasteiger partial charge in [0.1, 0.15) is 11.5 Å². The predicted octanol–water partition coefficient (Wildman–Crippen LogP) is 2.26. The Morgan fingerprint density at radius 2 is 1.86 bits per heavy atom. The highest BCUT2D eigenvalue weighted by atomic mass is 32.2. The first-order valence-electron chi connectivity index (χ1n) is 8.96. The maximum atomic E-state index is 12.9. The van der Waals surface area contributed by atoms with E-state index in [-0.39, 0.29) is 23.3 Å². The van der Waals surface area contributed by atoms with Crippen LogP contribution in [-0.2, 0) is 21.2 Å². The molecule has 0 aromatic heterocycles. The molecule has 0 saturated carbocycles. The van der Waals surface area contributed by atoms with Crippen LogP contribution in [0.1, 0.15) is 30.0 Å². The molecule has 0 spiro atoms. The van der Waals surface area contributed by atoms with Crippen molar-refractivity contribution in [3.05, 3.63) is 53.6 Å². The zero-order valence-corrected chi connectivity index (χ0v) is 16.7. The van der Waals surface area contributed by atoms with Gasteiger partial charge in [-0.05, 0) is 42.7 Å². The lowest BCUT2D eigenvalue weighted by atomic mass is 10.0. The summed E-state index contributed by atoms with van der Waals surface area (Å²) < 4.78 is 33.5. The molecular formula is C20H24N2O5S. The van der Waals surface area contributed by atoms with E-state index in [9.17, 15) is 13.2 Å². The number of hydrogen-bond acceptors (Lipinski definition) is 5. The second-order valence-electron chi connectivity index (χ2n) is 6.72. The second-order valence-corrected chi connectivity index (χ2v) is 8.28. The largest absolute Gasteiger partial charge is 0.497 e. The molecule has 1 saturated heterocycles. The number of nitrogens with zero attached hydrogens (tertiary/aromatic N) is 1. The Morgan fingerprint density at radius 1 is 1.14 bits per heavy atom. The van der Waals surface area contributed by atoms with Gasteiger partial charge in [0, 0.05) is 18.2 Å². The molecule has 0 radical (unpaired) electrons. The van der Waals surface area contributed by atoms with Crippen molar-refractivity contribution >= 4 is 15.9 Å². The van der Waals surface area contributed by atoms with E-state index in [1.54, 1.807) is 26.4 Å². The summed E-state index contributed by atoms with van der Waals surface area (Å²) in [5.41, 5.74) is 1.70. The number of primary sulfonamides is 1. The van der Waals surface area contributed by atoms with E-state index >= 15 is 0 Å². The minimum atomic E-state index is -3.74. The van der Waals surface area contributed by atoms with E-state index < -0.39 is 10.0 Å². The van der Waals surface area contributed by atoms with Gasteiger partial charge in [-0.3, -0.25) is 4.79 Å². The first-order valence-corrected chi connectivity index (χ1v) is 10.5. The topological polar surface area (TPSA) is 98.9 Å². The third-order valence-corrected chi connectivity index (χ3v) is 5.91. The molecule has 2 N–H and O–H groups in total. The number of rotatable bonds is 6. The molecule has 3 rings (SSSR count). The van der Waals surface area contributed by atoms with Gasteiger partial charge in [-0.25, -0.2) is 13.6 Å². The van der Waals surface area contributed by atoms with Gasteiger partial charge >= 0.3 is 0 Å². The summed E-state index contributed by atoms with van der Waals surface area (Å²) in [6.07, 6.45) is 1.97. The van der Waals surface area contributed by atoms with Crippen molar-refractivity contribution in [2.24, 2.45) is 5.14 Å². The zero-order chi connectivity index (χ0) is 20.3. The average molecular weight is 404 g/mol. The van der Waals surface area contributed by atoms with Crippen molar-refractivity contribution in [3.63, 3.8) is 0 Å². The van der Waals surface area contributed by atoms with Gasteiger partial charge < -0.3 is 14.4 Å². The minimum absolute atomic E-state index is 0.0104. The Bertz CT molecular complexity index is 957. The first-order chi connectivity index (χ1) is 13.3. The van der Waals surface area contributed by atoms with Gasteiger partial charge in [-0.1, -0.05) is 12.1 Å². The molecule has 2 aromatic rings. The predicted molar refractivity (Wildman–Crippen MR) is 105 cm³/mol. The Balaban J connectivity index is 1.78. The van der Waals surface area contributed by atoms with Crippen LogP contribution in [0.25, 0.3) is 0 Å². The maximum Gasteiger partial charge on any atom is 0.238 e. The van der Waals surface area contributed by atoms with Crippen molar-refractivity contribution < 1.29 is 22.7 Å². The number of carbonyl (C=O) groups excluding carboxylic acids is 1. The fourth-order valence-corrected chi connectivity index (χ4v) is 4.07. The number of hydrogen-bond donors (Lipinski definition) is 1. The SMILES string of the molecule is COc1ccc(C2CCCN2C(=O)Cc2ccc(S(N)(=O)=O)cc2)c(OC)c1. The highest BCUT2D eigenvalue weighted by molar-refractivity contribution is 7.89. The molecule has 1 amide bonds. The fourth-order valence-electron chi connectivity index (χ4n) is 3.56. The number of carbonyl (C=O) groups is 1. The quantitative estimate of drug-likeness (QED) is 0.796. The lowest BCUT2D eigenvalue weighted by Gasteiger charge is -2.26. The number of sulfonamides is 1. The van der Waals surface area contributed by atoms with E-state index in [0.717, 1.165) is 24.0 Å². The van der Waals surface area contributed by atoms with Gasteiger partial charge in [0.15, 0.2) is 0 Å². The molecule has 7 nitrogen and oxygen atoms in total. The average Bonchev–Trinajstić information content (AvgIpc) is 3.17. The van der Waals surface area contributed by atoms with Crippen LogP contribution in [-0.4, -0.2) is 40.0 Å². The Labute approximate surface area is 165 Å². The highest BCUT2D eigenvalue weighted by Gasteiger charge is 2.31. The molecule has 2 aromatic carbocycles. The maximum absolute atomic E-state index is 12.9. The number of ether oxygens (including phenoxy) is 2. The summed E-state index contributed by atoms with van der Waals surface area (Å²) in [5.74, 6) is 1.39. The minimum Gasteiger partial charge on any atom is -0.497 e. The van der Waals surface area contributed by atoms with E-state index in [4.69, 9.17) is 14.6 Å². The van der Waals surface area contributed by atoms with E-state index in [1.807, 2.05) is 23.1 Å². The number of likely N-dealkylation sites (tertiary alicyclic amines) is 1. The zero-order valence-electron chi connectivity index (χ0n) is 15.9. The van der Waals surface area contributed by atoms with Crippen LogP contribution in [0.4, 0.5) is 0 Å². The molecule has 28 heavy (non-hydrogen) atoms. The number of amides is 1. The first kappa shape index (κ1) is 20.2. The number of nitrogens with two attached hydrogens (primary N) is 1. The van der Waals surface area contributed by atoms with Crippen molar-refractivity contribution in [3.8, 4) is 11.5 Å². The van der Waals surface area contributed by atoms with E-state index in [1.165, 1.54) is 12.1 Å². The standard InChI is InChI=1S/C20H24N2O5S/c1-26-15-7-10-17(19(13-15)27-2)18-4-3-11-22(18)20(23)12-14-5-8-16(9-6-14)28(21,24)25/h5-10,13,18H,3-4,11-12H2,1-2H3,(H2,21,24,25).